The van der Waals surface area contributed by atoms with Crippen LogP contribution in [0.2, 0.25) is 0 Å². The topological polar surface area (TPSA) is 63.8 Å². The molecular weight excluding hydrogens is 209 g/mol. The number of rotatable bonds is 4. The second-order valence-electron chi connectivity index (χ2n) is 2.97. The summed E-state index contributed by atoms with van der Waals surface area (Å²) in [7, 11) is 0. The Kier molecular flexibility index (Phi) is 3.70. The summed E-state index contributed by atoms with van der Waals surface area (Å²) in [6.07, 6.45) is -3.65. The highest BCUT2D eigenvalue weighted by Gasteiger charge is 2.25. The van der Waals surface area contributed by atoms with Crippen molar-refractivity contribution in [3.05, 3.63) is 12.4 Å². The number of nitrogens with zero attached hydrogens (tertiary/aromatic N) is 2. The van der Waals surface area contributed by atoms with Gasteiger partial charge in [0.15, 0.2) is 0 Å². The van der Waals surface area contributed by atoms with Crippen molar-refractivity contribution in [3.63, 3.8) is 0 Å². The van der Waals surface area contributed by atoms with E-state index < -0.39 is 12.6 Å². The molecule has 0 saturated heterocycles. The van der Waals surface area contributed by atoms with Crippen LogP contribution in [-0.4, -0.2) is 22.7 Å². The molecule has 84 valence electrons. The van der Waals surface area contributed by atoms with Crippen molar-refractivity contribution in [2.45, 2.75) is 19.0 Å². The molecule has 0 fully saturated rings. The highest BCUT2D eigenvalue weighted by atomic mass is 19.4. The van der Waals surface area contributed by atoms with Crippen LogP contribution in [0.3, 0.4) is 0 Å². The van der Waals surface area contributed by atoms with E-state index in [-0.39, 0.29) is 18.8 Å². The molecule has 4 nitrogen and oxygen atoms in total. The summed E-state index contributed by atoms with van der Waals surface area (Å²) in [4.78, 5) is 7.44. The first kappa shape index (κ1) is 11.5. The van der Waals surface area contributed by atoms with E-state index in [9.17, 15) is 13.2 Å². The van der Waals surface area contributed by atoms with Crippen LogP contribution in [-0.2, 0) is 0 Å². The Morgan fingerprint density at radius 2 is 2.07 bits per heavy atom. The average molecular weight is 220 g/mol. The molecule has 0 spiro atoms. The zero-order valence-corrected chi connectivity index (χ0v) is 7.88. The number of nitrogens with one attached hydrogen (secondary N) is 1. The van der Waals surface area contributed by atoms with Crippen molar-refractivity contribution in [1.82, 2.24) is 9.97 Å². The monoisotopic (exact) mass is 220 g/mol. The second-order valence-corrected chi connectivity index (χ2v) is 2.97. The Balaban J connectivity index is 2.26. The summed E-state index contributed by atoms with van der Waals surface area (Å²) in [5.41, 5.74) is 5.36. The number of anilines is 2. The van der Waals surface area contributed by atoms with E-state index in [0.29, 0.717) is 5.82 Å². The third-order valence-corrected chi connectivity index (χ3v) is 1.63. The van der Waals surface area contributed by atoms with Crippen LogP contribution in [0.15, 0.2) is 12.4 Å². The first-order chi connectivity index (χ1) is 6.97. The van der Waals surface area contributed by atoms with Gasteiger partial charge in [0, 0.05) is 19.0 Å². The van der Waals surface area contributed by atoms with Gasteiger partial charge < -0.3 is 11.1 Å². The fourth-order valence-electron chi connectivity index (χ4n) is 0.974. The number of alkyl halides is 3. The van der Waals surface area contributed by atoms with Crippen LogP contribution in [0.1, 0.15) is 12.8 Å². The fourth-order valence-corrected chi connectivity index (χ4v) is 0.974. The number of nitrogens with two attached hydrogens (primary N) is 1. The molecule has 1 rings (SSSR count). The molecule has 15 heavy (non-hydrogen) atoms. The minimum absolute atomic E-state index is 0.00735. The molecule has 0 amide bonds. The van der Waals surface area contributed by atoms with Crippen LogP contribution in [0.5, 0.6) is 0 Å². The predicted molar refractivity (Wildman–Crippen MR) is 50.2 cm³/mol. The summed E-state index contributed by atoms with van der Waals surface area (Å²) in [5, 5.41) is 2.73. The van der Waals surface area contributed by atoms with Crippen LogP contribution in [0.4, 0.5) is 24.8 Å². The van der Waals surface area contributed by atoms with E-state index in [4.69, 9.17) is 5.73 Å². The lowest BCUT2D eigenvalue weighted by Crippen LogP contribution is -2.11. The zero-order valence-electron chi connectivity index (χ0n) is 7.88. The SMILES string of the molecule is Nc1cc(NCCCC(F)(F)F)ncn1. The van der Waals surface area contributed by atoms with Crippen molar-refractivity contribution in [3.8, 4) is 0 Å². The third kappa shape index (κ3) is 5.04. The normalized spacial score (nSPS) is 11.4. The lowest BCUT2D eigenvalue weighted by molar-refractivity contribution is -0.134. The maximum absolute atomic E-state index is 11.8. The molecule has 1 aromatic rings. The Labute approximate surface area is 84.7 Å². The van der Waals surface area contributed by atoms with Crippen LogP contribution in [0.25, 0.3) is 0 Å². The number of hydrogen-bond acceptors (Lipinski definition) is 4. The van der Waals surface area contributed by atoms with Crippen molar-refractivity contribution in [2.24, 2.45) is 0 Å². The Hall–Kier alpha value is -1.53. The quantitative estimate of drug-likeness (QED) is 0.759. The fraction of sp³-hybridized carbons (Fsp3) is 0.500. The highest BCUT2D eigenvalue weighted by Crippen LogP contribution is 2.21. The molecule has 1 heterocycles. The van der Waals surface area contributed by atoms with Gasteiger partial charge in [0.2, 0.25) is 0 Å². The van der Waals surface area contributed by atoms with Gasteiger partial charge in [0.1, 0.15) is 18.0 Å². The number of aromatic nitrogens is 2. The van der Waals surface area contributed by atoms with Crippen molar-refractivity contribution < 1.29 is 13.2 Å². The van der Waals surface area contributed by atoms with E-state index in [1.165, 1.54) is 12.4 Å². The van der Waals surface area contributed by atoms with E-state index in [1.54, 1.807) is 0 Å². The Morgan fingerprint density at radius 1 is 1.33 bits per heavy atom. The molecule has 1 aromatic heterocycles. The summed E-state index contributed by atoms with van der Waals surface area (Å²) < 4.78 is 35.3. The number of hydrogen-bond donors (Lipinski definition) is 2. The largest absolute Gasteiger partial charge is 0.389 e. The molecule has 0 atom stereocenters. The Bertz CT molecular complexity index is 313. The Morgan fingerprint density at radius 3 is 2.67 bits per heavy atom. The van der Waals surface area contributed by atoms with E-state index in [2.05, 4.69) is 15.3 Å². The van der Waals surface area contributed by atoms with E-state index in [1.807, 2.05) is 0 Å². The average Bonchev–Trinajstić information content (AvgIpc) is 2.11. The maximum atomic E-state index is 11.8. The summed E-state index contributed by atoms with van der Waals surface area (Å²) in [6.45, 7) is 0.204. The first-order valence-corrected chi connectivity index (χ1v) is 4.35. The van der Waals surface area contributed by atoms with Crippen molar-refractivity contribution >= 4 is 11.6 Å². The standard InChI is InChI=1S/C8H11F3N4/c9-8(10,11)2-1-3-13-7-4-6(12)14-5-15-7/h4-5H,1-3H2,(H3,12,13,14,15). The summed E-state index contributed by atoms with van der Waals surface area (Å²) in [5.74, 6) is 0.716. The minimum Gasteiger partial charge on any atom is -0.384 e. The van der Waals surface area contributed by atoms with Gasteiger partial charge in [-0.25, -0.2) is 9.97 Å². The molecule has 0 aliphatic carbocycles. The molecule has 0 unspecified atom stereocenters. The van der Waals surface area contributed by atoms with Crippen LogP contribution < -0.4 is 11.1 Å². The van der Waals surface area contributed by atoms with Gasteiger partial charge in [-0.3, -0.25) is 0 Å². The second kappa shape index (κ2) is 4.81. The minimum atomic E-state index is -4.10. The van der Waals surface area contributed by atoms with Crippen LogP contribution in [0, 0.1) is 0 Å². The lowest BCUT2D eigenvalue weighted by Gasteiger charge is -2.07. The molecule has 7 heteroatoms. The van der Waals surface area contributed by atoms with Crippen LogP contribution >= 0.6 is 0 Å². The molecule has 0 aliphatic heterocycles. The zero-order chi connectivity index (χ0) is 11.3. The molecular formula is C8H11F3N4. The number of nitrogen functional groups attached to an aromatic ring is 1. The van der Waals surface area contributed by atoms with E-state index in [0.717, 1.165) is 0 Å². The van der Waals surface area contributed by atoms with Gasteiger partial charge >= 0.3 is 6.18 Å². The maximum Gasteiger partial charge on any atom is 0.389 e. The molecule has 0 bridgehead atoms. The van der Waals surface area contributed by atoms with Gasteiger partial charge in [0.25, 0.3) is 0 Å². The lowest BCUT2D eigenvalue weighted by atomic mass is 10.3. The molecule has 0 radical (unpaired) electrons. The van der Waals surface area contributed by atoms with Gasteiger partial charge in [-0.2, -0.15) is 13.2 Å². The van der Waals surface area contributed by atoms with Crippen molar-refractivity contribution in [2.75, 3.05) is 17.6 Å². The molecule has 3 N–H and O–H groups in total. The molecule has 0 aliphatic rings. The van der Waals surface area contributed by atoms with Gasteiger partial charge in [-0.15, -0.1) is 0 Å². The molecule has 0 saturated carbocycles. The van der Waals surface area contributed by atoms with Gasteiger partial charge in [-0.1, -0.05) is 0 Å². The van der Waals surface area contributed by atoms with Gasteiger partial charge in [-0.05, 0) is 6.42 Å². The number of halogens is 3. The highest BCUT2D eigenvalue weighted by molar-refractivity contribution is 5.42. The summed E-state index contributed by atoms with van der Waals surface area (Å²) >= 11 is 0. The third-order valence-electron chi connectivity index (χ3n) is 1.63. The predicted octanol–water partition coefficient (Wildman–Crippen LogP) is 1.81. The molecule has 0 aromatic carbocycles. The summed E-state index contributed by atoms with van der Waals surface area (Å²) in [6, 6.07) is 1.47. The van der Waals surface area contributed by atoms with Gasteiger partial charge in [0.05, 0.1) is 0 Å². The first-order valence-electron chi connectivity index (χ1n) is 4.35. The van der Waals surface area contributed by atoms with Crippen molar-refractivity contribution in [1.29, 1.82) is 0 Å². The smallest absolute Gasteiger partial charge is 0.384 e. The van der Waals surface area contributed by atoms with E-state index >= 15 is 0 Å².